The van der Waals surface area contributed by atoms with Gasteiger partial charge in [-0.2, -0.15) is 0 Å². The van der Waals surface area contributed by atoms with Crippen molar-refractivity contribution < 1.29 is 14.1 Å². The number of halogens is 1. The van der Waals surface area contributed by atoms with E-state index >= 15 is 0 Å². The molecule has 2 aromatic carbocycles. The number of anilines is 2. The molecule has 2 amide bonds. The molecule has 3 aromatic rings. The van der Waals surface area contributed by atoms with Gasteiger partial charge in [-0.3, -0.25) is 9.59 Å². The summed E-state index contributed by atoms with van der Waals surface area (Å²) in [5.41, 5.74) is 1.54. The van der Waals surface area contributed by atoms with Crippen LogP contribution in [-0.4, -0.2) is 17.0 Å². The summed E-state index contributed by atoms with van der Waals surface area (Å²) in [6.45, 7) is 1.70. The van der Waals surface area contributed by atoms with Gasteiger partial charge in [-0.25, -0.2) is 0 Å². The predicted molar refractivity (Wildman–Crippen MR) is 95.0 cm³/mol. The third kappa shape index (κ3) is 4.05. The Kier molecular flexibility index (Phi) is 4.81. The second-order valence-corrected chi connectivity index (χ2v) is 5.72. The molecule has 0 aliphatic rings. The lowest BCUT2D eigenvalue weighted by Crippen LogP contribution is -2.17. The van der Waals surface area contributed by atoms with Gasteiger partial charge in [-0.15, -0.1) is 0 Å². The van der Waals surface area contributed by atoms with Crippen LogP contribution in [0.5, 0.6) is 0 Å². The lowest BCUT2D eigenvalue weighted by atomic mass is 10.2. The Morgan fingerprint density at radius 1 is 0.960 bits per heavy atom. The highest BCUT2D eigenvalue weighted by molar-refractivity contribution is 6.30. The lowest BCUT2D eigenvalue weighted by Gasteiger charge is -2.11. The van der Waals surface area contributed by atoms with Gasteiger partial charge in [0.2, 0.25) is 0 Å². The van der Waals surface area contributed by atoms with Gasteiger partial charge in [-0.1, -0.05) is 28.9 Å². The van der Waals surface area contributed by atoms with Gasteiger partial charge >= 0.3 is 0 Å². The van der Waals surface area contributed by atoms with Gasteiger partial charge in [0.1, 0.15) is 5.76 Å². The number of rotatable bonds is 4. The van der Waals surface area contributed by atoms with E-state index in [0.29, 0.717) is 27.7 Å². The molecule has 0 unspecified atom stereocenters. The lowest BCUT2D eigenvalue weighted by molar-refractivity contribution is 0.101. The summed E-state index contributed by atoms with van der Waals surface area (Å²) in [7, 11) is 0. The van der Waals surface area contributed by atoms with Crippen molar-refractivity contribution in [1.82, 2.24) is 5.16 Å². The number of hydrogen-bond donors (Lipinski definition) is 2. The fourth-order valence-electron chi connectivity index (χ4n) is 2.16. The Balaban J connectivity index is 1.77. The van der Waals surface area contributed by atoms with E-state index in [0.717, 1.165) is 0 Å². The number of aryl methyl sites for hydroxylation is 1. The molecule has 2 N–H and O–H groups in total. The molecule has 0 fully saturated rings. The van der Waals surface area contributed by atoms with Crippen molar-refractivity contribution in [2.75, 3.05) is 10.6 Å². The number of carbonyl (C=O) groups excluding carboxylic acids is 2. The Morgan fingerprint density at radius 2 is 1.56 bits per heavy atom. The summed E-state index contributed by atoms with van der Waals surface area (Å²) in [6, 6.07) is 14.9. The van der Waals surface area contributed by atoms with E-state index in [2.05, 4.69) is 15.8 Å². The van der Waals surface area contributed by atoms with E-state index in [1.807, 2.05) is 0 Å². The van der Waals surface area contributed by atoms with Crippen molar-refractivity contribution >= 4 is 34.8 Å². The molecule has 1 heterocycles. The van der Waals surface area contributed by atoms with Crippen LogP contribution in [0.1, 0.15) is 26.6 Å². The minimum Gasteiger partial charge on any atom is -0.361 e. The highest BCUT2D eigenvalue weighted by Gasteiger charge is 2.14. The summed E-state index contributed by atoms with van der Waals surface area (Å²) in [6.07, 6.45) is 0. The number of carbonyl (C=O) groups is 2. The summed E-state index contributed by atoms with van der Waals surface area (Å²) < 4.78 is 4.89. The number of amides is 2. The zero-order valence-corrected chi connectivity index (χ0v) is 14.0. The molecule has 0 saturated heterocycles. The molecule has 0 spiro atoms. The molecule has 0 saturated carbocycles. The van der Waals surface area contributed by atoms with Crippen LogP contribution in [-0.2, 0) is 0 Å². The van der Waals surface area contributed by atoms with Crippen molar-refractivity contribution in [2.45, 2.75) is 6.92 Å². The van der Waals surface area contributed by atoms with Crippen molar-refractivity contribution in [1.29, 1.82) is 0 Å². The fraction of sp³-hybridized carbons (Fsp3) is 0.0556. The van der Waals surface area contributed by atoms with Crippen LogP contribution in [0, 0.1) is 6.92 Å². The highest BCUT2D eigenvalue weighted by Crippen LogP contribution is 2.23. The number of aromatic nitrogens is 1. The first kappa shape index (κ1) is 16.7. The molecule has 0 bridgehead atoms. The van der Waals surface area contributed by atoms with E-state index < -0.39 is 5.91 Å². The average Bonchev–Trinajstić information content (AvgIpc) is 3.04. The zero-order valence-electron chi connectivity index (χ0n) is 13.2. The van der Waals surface area contributed by atoms with Crippen LogP contribution in [0.25, 0.3) is 0 Å². The topological polar surface area (TPSA) is 84.2 Å². The van der Waals surface area contributed by atoms with Crippen LogP contribution in [0.15, 0.2) is 59.1 Å². The number of benzene rings is 2. The van der Waals surface area contributed by atoms with E-state index in [-0.39, 0.29) is 11.6 Å². The second-order valence-electron chi connectivity index (χ2n) is 5.28. The standard InChI is InChI=1S/C18H14ClN3O3/c1-11-10-16(22-25-11)18(24)21-15-5-3-2-4-14(15)20-17(23)12-6-8-13(19)9-7-12/h2-10H,1H3,(H,20,23)(H,21,24). The normalized spacial score (nSPS) is 10.3. The molecular weight excluding hydrogens is 342 g/mol. The molecule has 6 nitrogen and oxygen atoms in total. The SMILES string of the molecule is Cc1cc(C(=O)Nc2ccccc2NC(=O)c2ccc(Cl)cc2)no1. The summed E-state index contributed by atoms with van der Waals surface area (Å²) in [4.78, 5) is 24.6. The quantitative estimate of drug-likeness (QED) is 0.736. The van der Waals surface area contributed by atoms with Gasteiger partial charge in [0.05, 0.1) is 11.4 Å². The van der Waals surface area contributed by atoms with Gasteiger partial charge in [-0.05, 0) is 43.3 Å². The van der Waals surface area contributed by atoms with Crippen LogP contribution < -0.4 is 10.6 Å². The summed E-state index contributed by atoms with van der Waals surface area (Å²) in [5.74, 6) is -0.199. The first-order valence-electron chi connectivity index (χ1n) is 7.43. The Morgan fingerprint density at radius 3 is 2.12 bits per heavy atom. The molecule has 126 valence electrons. The van der Waals surface area contributed by atoms with Crippen LogP contribution >= 0.6 is 11.6 Å². The van der Waals surface area contributed by atoms with Crippen molar-refractivity contribution in [3.63, 3.8) is 0 Å². The van der Waals surface area contributed by atoms with Gasteiger partial charge in [0, 0.05) is 16.7 Å². The van der Waals surface area contributed by atoms with Crippen LogP contribution in [0.3, 0.4) is 0 Å². The first-order valence-corrected chi connectivity index (χ1v) is 7.81. The first-order chi connectivity index (χ1) is 12.0. The molecule has 3 rings (SSSR count). The summed E-state index contributed by atoms with van der Waals surface area (Å²) >= 11 is 5.83. The van der Waals surface area contributed by atoms with Crippen molar-refractivity contribution in [3.8, 4) is 0 Å². The minimum atomic E-state index is -0.426. The average molecular weight is 356 g/mol. The largest absolute Gasteiger partial charge is 0.361 e. The number of hydrogen-bond acceptors (Lipinski definition) is 4. The van der Waals surface area contributed by atoms with E-state index in [1.54, 1.807) is 55.5 Å². The zero-order chi connectivity index (χ0) is 17.8. The maximum absolute atomic E-state index is 12.3. The Hall–Kier alpha value is -3.12. The Bertz CT molecular complexity index is 919. The van der Waals surface area contributed by atoms with Gasteiger partial charge in [0.25, 0.3) is 11.8 Å². The molecular formula is C18H14ClN3O3. The monoisotopic (exact) mass is 355 g/mol. The highest BCUT2D eigenvalue weighted by atomic mass is 35.5. The smallest absolute Gasteiger partial charge is 0.277 e. The second kappa shape index (κ2) is 7.19. The number of para-hydroxylation sites is 2. The molecule has 0 atom stereocenters. The fourth-order valence-corrected chi connectivity index (χ4v) is 2.28. The molecule has 25 heavy (non-hydrogen) atoms. The predicted octanol–water partition coefficient (Wildman–Crippen LogP) is 4.14. The number of nitrogens with one attached hydrogen (secondary N) is 2. The van der Waals surface area contributed by atoms with E-state index in [9.17, 15) is 9.59 Å². The number of nitrogens with zero attached hydrogens (tertiary/aromatic N) is 1. The van der Waals surface area contributed by atoms with Gasteiger partial charge in [0.15, 0.2) is 5.69 Å². The van der Waals surface area contributed by atoms with Gasteiger partial charge < -0.3 is 15.2 Å². The summed E-state index contributed by atoms with van der Waals surface area (Å²) in [5, 5.41) is 9.70. The third-order valence-corrected chi connectivity index (χ3v) is 3.64. The minimum absolute atomic E-state index is 0.163. The van der Waals surface area contributed by atoms with Crippen LogP contribution in [0.2, 0.25) is 5.02 Å². The maximum Gasteiger partial charge on any atom is 0.277 e. The van der Waals surface area contributed by atoms with Crippen molar-refractivity contribution in [3.05, 3.63) is 76.6 Å². The van der Waals surface area contributed by atoms with E-state index in [4.69, 9.17) is 16.1 Å². The van der Waals surface area contributed by atoms with E-state index in [1.165, 1.54) is 6.07 Å². The Labute approximate surface area is 148 Å². The molecule has 1 aromatic heterocycles. The van der Waals surface area contributed by atoms with Crippen LogP contribution in [0.4, 0.5) is 11.4 Å². The maximum atomic E-state index is 12.3. The molecule has 7 heteroatoms. The molecule has 0 radical (unpaired) electrons. The third-order valence-electron chi connectivity index (χ3n) is 3.39. The molecule has 0 aliphatic carbocycles. The van der Waals surface area contributed by atoms with Crippen molar-refractivity contribution in [2.24, 2.45) is 0 Å². The molecule has 0 aliphatic heterocycles.